The van der Waals surface area contributed by atoms with Crippen molar-refractivity contribution in [3.8, 4) is 5.75 Å². The number of halogens is 3. The molecule has 2 unspecified atom stereocenters. The maximum Gasteiger partial charge on any atom is 0.121 e. The maximum atomic E-state index is 10.9. The summed E-state index contributed by atoms with van der Waals surface area (Å²) in [5.74, 6) is 2.01. The summed E-state index contributed by atoms with van der Waals surface area (Å²) in [6.07, 6.45) is 6.71. The molecule has 0 amide bonds. The largest absolute Gasteiger partial charge is 0.512 e. The molecule has 192 valence electrons. The van der Waals surface area contributed by atoms with Crippen LogP contribution in [-0.2, 0) is 0 Å². The normalized spacial score (nSPS) is 19.5. The Balaban J connectivity index is 1.31. The average molecular weight is 556 g/mol. The van der Waals surface area contributed by atoms with Gasteiger partial charge >= 0.3 is 0 Å². The minimum atomic E-state index is 0.0120. The van der Waals surface area contributed by atoms with Crippen LogP contribution in [0.4, 0.5) is 0 Å². The van der Waals surface area contributed by atoms with Crippen LogP contribution in [0.5, 0.6) is 5.75 Å². The van der Waals surface area contributed by atoms with E-state index in [1.165, 1.54) is 11.1 Å². The molecule has 0 bridgehead atoms. The molecule has 0 spiro atoms. The van der Waals surface area contributed by atoms with Crippen molar-refractivity contribution in [1.29, 1.82) is 5.41 Å². The van der Waals surface area contributed by atoms with Crippen molar-refractivity contribution in [3.05, 3.63) is 104 Å². The van der Waals surface area contributed by atoms with Gasteiger partial charge in [0.15, 0.2) is 0 Å². The Hall–Kier alpha value is -2.53. The lowest BCUT2D eigenvalue weighted by Crippen LogP contribution is -2.16. The molecule has 1 aromatic heterocycles. The van der Waals surface area contributed by atoms with Crippen molar-refractivity contribution in [2.24, 2.45) is 5.92 Å². The van der Waals surface area contributed by atoms with Crippen molar-refractivity contribution in [1.82, 2.24) is 4.98 Å². The summed E-state index contributed by atoms with van der Waals surface area (Å²) < 4.78 is 6.04. The molecule has 1 heterocycles. The van der Waals surface area contributed by atoms with Gasteiger partial charge in [-0.1, -0.05) is 66.8 Å². The molecule has 7 heteroatoms. The van der Waals surface area contributed by atoms with Crippen molar-refractivity contribution >= 4 is 40.5 Å². The Morgan fingerprint density at radius 3 is 2.41 bits per heavy atom. The number of nitrogens with one attached hydrogen (secondary N) is 1. The van der Waals surface area contributed by atoms with E-state index in [1.807, 2.05) is 30.6 Å². The first-order chi connectivity index (χ1) is 17.7. The Kier molecular flexibility index (Phi) is 7.53. The first-order valence-corrected chi connectivity index (χ1v) is 13.7. The van der Waals surface area contributed by atoms with Crippen LogP contribution in [-0.4, -0.2) is 22.4 Å². The minimum Gasteiger partial charge on any atom is -0.512 e. The summed E-state index contributed by atoms with van der Waals surface area (Å²) in [5.41, 5.74) is 4.45. The molecule has 2 aliphatic rings. The second kappa shape index (κ2) is 10.7. The molecular weight excluding hydrogens is 527 g/mol. The van der Waals surface area contributed by atoms with Crippen LogP contribution in [0.3, 0.4) is 0 Å². The Morgan fingerprint density at radius 2 is 1.76 bits per heavy atom. The Morgan fingerprint density at radius 1 is 1.03 bits per heavy atom. The van der Waals surface area contributed by atoms with Gasteiger partial charge in [-0.3, -0.25) is 10.4 Å². The number of allylic oxidation sites excluding steroid dienone is 1. The number of hydrogen-bond donors (Lipinski definition) is 2. The predicted molar refractivity (Wildman–Crippen MR) is 151 cm³/mol. The van der Waals surface area contributed by atoms with Crippen LogP contribution in [0.15, 0.2) is 66.2 Å². The molecule has 2 fully saturated rings. The molecule has 2 aliphatic carbocycles. The third-order valence-corrected chi connectivity index (χ3v) is 8.17. The van der Waals surface area contributed by atoms with Crippen LogP contribution >= 0.6 is 34.8 Å². The Labute approximate surface area is 232 Å². The highest BCUT2D eigenvalue weighted by molar-refractivity contribution is 6.41. The summed E-state index contributed by atoms with van der Waals surface area (Å²) in [4.78, 5) is 4.44. The molecule has 2 atom stereocenters. The number of nitrogens with zero attached hydrogens (tertiary/aromatic N) is 1. The van der Waals surface area contributed by atoms with Gasteiger partial charge in [0.05, 0.1) is 21.3 Å². The standard InChI is InChI=1S/C30H29Cl3N2O2/c1-16(2)18-10-19(14-35-13-18)22-12-23(22)21-9-8-20(11-27(21)33)37-15-24(30(36)17-6-7-17)29(34)28-25(31)4-3-5-26(28)32/h3-5,8-11,13-14,16-17,22-23,34,36H,6-7,12,15H2,1-2H3/b30-24-,34-29?. The molecule has 2 aromatic carbocycles. The van der Waals surface area contributed by atoms with E-state index in [1.54, 1.807) is 18.2 Å². The first-order valence-electron chi connectivity index (χ1n) is 12.6. The third-order valence-electron chi connectivity index (χ3n) is 7.21. The molecule has 0 radical (unpaired) electrons. The van der Waals surface area contributed by atoms with E-state index in [-0.39, 0.29) is 24.0 Å². The fourth-order valence-corrected chi connectivity index (χ4v) is 5.62. The zero-order valence-corrected chi connectivity index (χ0v) is 23.0. The molecular formula is C30H29Cl3N2O2. The zero-order valence-electron chi connectivity index (χ0n) is 20.8. The average Bonchev–Trinajstić information content (AvgIpc) is 3.78. The summed E-state index contributed by atoms with van der Waals surface area (Å²) >= 11 is 19.4. The monoisotopic (exact) mass is 554 g/mol. The van der Waals surface area contributed by atoms with Crippen LogP contribution in [0.2, 0.25) is 15.1 Å². The first kappa shape index (κ1) is 26.1. The lowest BCUT2D eigenvalue weighted by atomic mass is 10.00. The molecule has 4 nitrogen and oxygen atoms in total. The number of rotatable bonds is 9. The molecule has 37 heavy (non-hydrogen) atoms. The minimum absolute atomic E-state index is 0.0120. The van der Waals surface area contributed by atoms with E-state index in [9.17, 15) is 5.11 Å². The zero-order chi connectivity index (χ0) is 26.3. The van der Waals surface area contributed by atoms with E-state index in [4.69, 9.17) is 44.9 Å². The highest BCUT2D eigenvalue weighted by Gasteiger charge is 2.41. The van der Waals surface area contributed by atoms with Crippen LogP contribution in [0.1, 0.15) is 73.1 Å². The smallest absolute Gasteiger partial charge is 0.121 e. The SMILES string of the molecule is CC(C)c1cncc(C2CC2c2ccc(OC/C(C(=N)c3c(Cl)cccc3Cl)=C(/O)C3CC3)cc2Cl)c1. The Bertz CT molecular complexity index is 1360. The third kappa shape index (κ3) is 5.67. The second-order valence-electron chi connectivity index (χ2n) is 10.2. The molecule has 0 saturated heterocycles. The summed E-state index contributed by atoms with van der Waals surface area (Å²) in [6, 6.07) is 13.1. The van der Waals surface area contributed by atoms with Crippen LogP contribution in [0.25, 0.3) is 0 Å². The lowest BCUT2D eigenvalue weighted by molar-refractivity contribution is 0.329. The summed E-state index contributed by atoms with van der Waals surface area (Å²) in [5, 5.41) is 21.0. The van der Waals surface area contributed by atoms with Crippen molar-refractivity contribution in [3.63, 3.8) is 0 Å². The number of aliphatic hydroxyl groups excluding tert-OH is 1. The van der Waals surface area contributed by atoms with Gasteiger partial charge in [-0.15, -0.1) is 0 Å². The van der Waals surface area contributed by atoms with E-state index in [2.05, 4.69) is 24.9 Å². The number of pyridine rings is 1. The highest BCUT2D eigenvalue weighted by atomic mass is 35.5. The summed E-state index contributed by atoms with van der Waals surface area (Å²) in [7, 11) is 0. The molecule has 2 saturated carbocycles. The van der Waals surface area contributed by atoms with Crippen LogP contribution < -0.4 is 4.74 Å². The fourth-order valence-electron chi connectivity index (χ4n) is 4.72. The van der Waals surface area contributed by atoms with E-state index in [0.717, 1.165) is 24.8 Å². The van der Waals surface area contributed by atoms with Gasteiger partial charge in [0.25, 0.3) is 0 Å². The van der Waals surface area contributed by atoms with Gasteiger partial charge in [0, 0.05) is 28.9 Å². The van der Waals surface area contributed by atoms with Gasteiger partial charge in [-0.05, 0) is 78.0 Å². The van der Waals surface area contributed by atoms with E-state index >= 15 is 0 Å². The lowest BCUT2D eigenvalue weighted by Gasteiger charge is -2.16. The fraction of sp³-hybridized carbons (Fsp3) is 0.333. The summed E-state index contributed by atoms with van der Waals surface area (Å²) in [6.45, 7) is 4.37. The van der Waals surface area contributed by atoms with Crippen molar-refractivity contribution < 1.29 is 9.84 Å². The molecule has 0 aliphatic heterocycles. The van der Waals surface area contributed by atoms with E-state index in [0.29, 0.717) is 49.7 Å². The number of aromatic nitrogens is 1. The number of ether oxygens (including phenoxy) is 1. The number of benzene rings is 2. The van der Waals surface area contributed by atoms with Crippen molar-refractivity contribution in [2.45, 2.75) is 50.9 Å². The van der Waals surface area contributed by atoms with Gasteiger partial charge in [0.1, 0.15) is 18.1 Å². The quantitative estimate of drug-likeness (QED) is 0.204. The highest BCUT2D eigenvalue weighted by Crippen LogP contribution is 2.56. The maximum absolute atomic E-state index is 10.9. The molecule has 3 aromatic rings. The van der Waals surface area contributed by atoms with Gasteiger partial charge in [-0.2, -0.15) is 0 Å². The molecule has 2 N–H and O–H groups in total. The number of aliphatic hydroxyl groups is 1. The van der Waals surface area contributed by atoms with Gasteiger partial charge in [-0.25, -0.2) is 0 Å². The number of hydrogen-bond acceptors (Lipinski definition) is 4. The second-order valence-corrected chi connectivity index (χ2v) is 11.5. The van der Waals surface area contributed by atoms with E-state index < -0.39 is 0 Å². The van der Waals surface area contributed by atoms with Crippen molar-refractivity contribution in [2.75, 3.05) is 6.61 Å². The topological polar surface area (TPSA) is 66.2 Å². The van der Waals surface area contributed by atoms with Gasteiger partial charge < -0.3 is 9.84 Å². The van der Waals surface area contributed by atoms with Gasteiger partial charge in [0.2, 0.25) is 0 Å². The van der Waals surface area contributed by atoms with Crippen LogP contribution in [0, 0.1) is 11.3 Å². The predicted octanol–water partition coefficient (Wildman–Crippen LogP) is 9.11. The molecule has 5 rings (SSSR count).